The first-order valence-electron chi connectivity index (χ1n) is 6.95. The summed E-state index contributed by atoms with van der Waals surface area (Å²) in [6.07, 6.45) is 1.09. The molecule has 1 saturated heterocycles. The average molecular weight is 273 g/mol. The molecule has 0 amide bonds. The highest BCUT2D eigenvalue weighted by Crippen LogP contribution is 2.29. The summed E-state index contributed by atoms with van der Waals surface area (Å²) in [7, 11) is 0. The Balaban J connectivity index is 1.61. The van der Waals surface area contributed by atoms with Gasteiger partial charge >= 0.3 is 0 Å². The molecule has 20 heavy (non-hydrogen) atoms. The van der Waals surface area contributed by atoms with E-state index in [1.165, 1.54) is 5.56 Å². The first kappa shape index (κ1) is 13.4. The summed E-state index contributed by atoms with van der Waals surface area (Å²) in [5.74, 6) is 1.44. The maximum absolute atomic E-state index is 8.99. The molecule has 2 atom stereocenters. The fourth-order valence-corrected chi connectivity index (χ4v) is 2.60. The average Bonchev–Trinajstić information content (AvgIpc) is 3.15. The Labute approximate surface area is 118 Å². The van der Waals surface area contributed by atoms with E-state index < -0.39 is 0 Å². The van der Waals surface area contributed by atoms with Gasteiger partial charge in [0.2, 0.25) is 0 Å². The summed E-state index contributed by atoms with van der Waals surface area (Å²) in [5.41, 5.74) is 1.21. The fourth-order valence-electron chi connectivity index (χ4n) is 2.60. The van der Waals surface area contributed by atoms with Crippen LogP contribution < -0.4 is 5.32 Å². The Hall–Kier alpha value is -1.62. The minimum absolute atomic E-state index is 0.0564. The summed E-state index contributed by atoms with van der Waals surface area (Å²) in [6, 6.07) is 14.3. The number of hydrogen-bond acceptors (Lipinski definition) is 4. The van der Waals surface area contributed by atoms with Gasteiger partial charge in [-0.2, -0.15) is 0 Å². The number of benzene rings is 1. The van der Waals surface area contributed by atoms with Crippen LogP contribution in [0.2, 0.25) is 0 Å². The molecule has 2 N–H and O–H groups in total. The van der Waals surface area contributed by atoms with Crippen LogP contribution in [0.4, 0.5) is 0 Å². The molecule has 1 fully saturated rings. The minimum atomic E-state index is -0.0564. The molecule has 1 aliphatic heterocycles. The summed E-state index contributed by atoms with van der Waals surface area (Å²) in [5, 5.41) is 12.5. The third-order valence-electron chi connectivity index (χ3n) is 3.63. The Kier molecular flexibility index (Phi) is 4.16. The SMILES string of the molecule is OCc1ccc(CN[C@@H]2CCO[C@H]2c2ccccc2)o1. The number of aliphatic hydroxyl groups is 1. The lowest BCUT2D eigenvalue weighted by atomic mass is 10.0. The monoisotopic (exact) mass is 273 g/mol. The van der Waals surface area contributed by atoms with Crippen molar-refractivity contribution in [2.45, 2.75) is 31.7 Å². The second-order valence-electron chi connectivity index (χ2n) is 5.00. The summed E-state index contributed by atoms with van der Waals surface area (Å²) in [6.45, 7) is 1.37. The number of hydrogen-bond donors (Lipinski definition) is 2. The van der Waals surface area contributed by atoms with E-state index in [-0.39, 0.29) is 12.7 Å². The van der Waals surface area contributed by atoms with Crippen molar-refractivity contribution in [3.63, 3.8) is 0 Å². The van der Waals surface area contributed by atoms with Crippen LogP contribution in [0, 0.1) is 0 Å². The third-order valence-corrected chi connectivity index (χ3v) is 3.63. The summed E-state index contributed by atoms with van der Waals surface area (Å²) < 4.78 is 11.3. The Morgan fingerprint density at radius 1 is 1.10 bits per heavy atom. The van der Waals surface area contributed by atoms with Crippen LogP contribution in [-0.4, -0.2) is 17.8 Å². The van der Waals surface area contributed by atoms with E-state index in [4.69, 9.17) is 14.3 Å². The van der Waals surface area contributed by atoms with Crippen molar-refractivity contribution in [3.8, 4) is 0 Å². The molecule has 1 aliphatic rings. The summed E-state index contributed by atoms with van der Waals surface area (Å²) in [4.78, 5) is 0. The van der Waals surface area contributed by atoms with Crippen LogP contribution >= 0.6 is 0 Å². The molecule has 2 aromatic rings. The van der Waals surface area contributed by atoms with E-state index in [0.29, 0.717) is 18.3 Å². The van der Waals surface area contributed by atoms with Gasteiger partial charge in [0, 0.05) is 12.6 Å². The van der Waals surface area contributed by atoms with Crippen molar-refractivity contribution in [3.05, 3.63) is 59.5 Å². The van der Waals surface area contributed by atoms with Gasteiger partial charge in [0.25, 0.3) is 0 Å². The van der Waals surface area contributed by atoms with Crippen molar-refractivity contribution in [1.82, 2.24) is 5.32 Å². The predicted molar refractivity (Wildman–Crippen MR) is 75.0 cm³/mol. The number of furan rings is 1. The smallest absolute Gasteiger partial charge is 0.129 e. The van der Waals surface area contributed by atoms with Crippen molar-refractivity contribution < 1.29 is 14.3 Å². The van der Waals surface area contributed by atoms with Gasteiger partial charge in [0.05, 0.1) is 12.6 Å². The zero-order valence-corrected chi connectivity index (χ0v) is 11.3. The normalized spacial score (nSPS) is 22.2. The quantitative estimate of drug-likeness (QED) is 0.878. The molecular weight excluding hydrogens is 254 g/mol. The fraction of sp³-hybridized carbons (Fsp3) is 0.375. The summed E-state index contributed by atoms with van der Waals surface area (Å²) >= 11 is 0. The predicted octanol–water partition coefficient (Wildman–Crippen LogP) is 2.39. The molecule has 0 spiro atoms. The third kappa shape index (κ3) is 2.93. The molecule has 1 aromatic carbocycles. The number of nitrogens with one attached hydrogen (secondary N) is 1. The van der Waals surface area contributed by atoms with Gasteiger partial charge in [-0.05, 0) is 24.1 Å². The van der Waals surface area contributed by atoms with Gasteiger partial charge in [-0.3, -0.25) is 0 Å². The number of aliphatic hydroxyl groups excluding tert-OH is 1. The second kappa shape index (κ2) is 6.22. The van der Waals surface area contributed by atoms with Gasteiger partial charge in [-0.15, -0.1) is 0 Å². The Morgan fingerprint density at radius 3 is 2.65 bits per heavy atom. The topological polar surface area (TPSA) is 54.6 Å². The highest BCUT2D eigenvalue weighted by molar-refractivity contribution is 5.20. The molecule has 4 heteroatoms. The number of ether oxygens (including phenoxy) is 1. The van der Waals surface area contributed by atoms with Crippen molar-refractivity contribution >= 4 is 0 Å². The van der Waals surface area contributed by atoms with Crippen LogP contribution in [0.3, 0.4) is 0 Å². The van der Waals surface area contributed by atoms with Gasteiger partial charge in [0.1, 0.15) is 18.1 Å². The largest absolute Gasteiger partial charge is 0.462 e. The van der Waals surface area contributed by atoms with Crippen molar-refractivity contribution in [1.29, 1.82) is 0 Å². The number of rotatable bonds is 5. The molecule has 1 aromatic heterocycles. The van der Waals surface area contributed by atoms with Crippen LogP contribution in [0.5, 0.6) is 0 Å². The lowest BCUT2D eigenvalue weighted by Crippen LogP contribution is -2.31. The molecular formula is C16H19NO3. The van der Waals surface area contributed by atoms with E-state index in [2.05, 4.69) is 17.4 Å². The van der Waals surface area contributed by atoms with E-state index in [9.17, 15) is 0 Å². The maximum atomic E-state index is 8.99. The lowest BCUT2D eigenvalue weighted by Gasteiger charge is -2.19. The molecule has 3 rings (SSSR count). The first-order chi connectivity index (χ1) is 9.86. The van der Waals surface area contributed by atoms with Gasteiger partial charge in [0.15, 0.2) is 0 Å². The van der Waals surface area contributed by atoms with Crippen LogP contribution in [0.25, 0.3) is 0 Å². The second-order valence-corrected chi connectivity index (χ2v) is 5.00. The van der Waals surface area contributed by atoms with E-state index in [1.807, 2.05) is 24.3 Å². The highest BCUT2D eigenvalue weighted by Gasteiger charge is 2.29. The minimum Gasteiger partial charge on any atom is -0.462 e. The van der Waals surface area contributed by atoms with Crippen LogP contribution in [0.1, 0.15) is 29.6 Å². The van der Waals surface area contributed by atoms with E-state index in [1.54, 1.807) is 6.07 Å². The van der Waals surface area contributed by atoms with E-state index in [0.717, 1.165) is 18.8 Å². The molecule has 106 valence electrons. The van der Waals surface area contributed by atoms with Crippen molar-refractivity contribution in [2.24, 2.45) is 0 Å². The Bertz CT molecular complexity index is 538. The molecule has 4 nitrogen and oxygen atoms in total. The van der Waals surface area contributed by atoms with Gasteiger partial charge < -0.3 is 19.6 Å². The molecule has 0 radical (unpaired) electrons. The molecule has 2 heterocycles. The van der Waals surface area contributed by atoms with Gasteiger partial charge in [-0.1, -0.05) is 30.3 Å². The van der Waals surface area contributed by atoms with Crippen LogP contribution in [-0.2, 0) is 17.9 Å². The zero-order chi connectivity index (χ0) is 13.8. The van der Waals surface area contributed by atoms with E-state index >= 15 is 0 Å². The standard InChI is InChI=1S/C16H19NO3/c18-11-14-7-6-13(20-14)10-17-15-8-9-19-16(15)12-4-2-1-3-5-12/h1-7,15-18H,8-11H2/t15-,16+/m1/s1. The van der Waals surface area contributed by atoms with Crippen molar-refractivity contribution in [2.75, 3.05) is 6.61 Å². The molecule has 0 aliphatic carbocycles. The first-order valence-corrected chi connectivity index (χ1v) is 6.95. The molecule has 0 bridgehead atoms. The molecule has 0 saturated carbocycles. The zero-order valence-electron chi connectivity index (χ0n) is 11.3. The molecule has 0 unspecified atom stereocenters. The van der Waals surface area contributed by atoms with Gasteiger partial charge in [-0.25, -0.2) is 0 Å². The Morgan fingerprint density at radius 2 is 1.90 bits per heavy atom. The highest BCUT2D eigenvalue weighted by atomic mass is 16.5. The lowest BCUT2D eigenvalue weighted by molar-refractivity contribution is 0.0980. The maximum Gasteiger partial charge on any atom is 0.129 e. The van der Waals surface area contributed by atoms with Crippen LogP contribution in [0.15, 0.2) is 46.9 Å².